The number of hydrogen-bond donors (Lipinski definition) is 1. The normalized spacial score (nSPS) is 9.94. The molecule has 4 heteroatoms. The summed E-state index contributed by atoms with van der Waals surface area (Å²) in [6.07, 6.45) is 0. The van der Waals surface area contributed by atoms with Crippen LogP contribution in [0.3, 0.4) is 0 Å². The number of hydrogen-bond acceptors (Lipinski definition) is 4. The van der Waals surface area contributed by atoms with Crippen molar-refractivity contribution in [3.8, 4) is 0 Å². The van der Waals surface area contributed by atoms with E-state index in [0.29, 0.717) is 18.7 Å². The molecule has 88 valence electrons. The van der Waals surface area contributed by atoms with Crippen LogP contribution in [-0.4, -0.2) is 40.3 Å². The lowest BCUT2D eigenvalue weighted by molar-refractivity contribution is 0.0510. The lowest BCUT2D eigenvalue weighted by Crippen LogP contribution is -2.17. The summed E-state index contributed by atoms with van der Waals surface area (Å²) in [6.45, 7) is 1.06. The van der Waals surface area contributed by atoms with E-state index in [0.717, 1.165) is 5.69 Å². The Hall–Kier alpha value is -1.55. The molecule has 0 saturated carbocycles. The first-order valence-electron chi connectivity index (χ1n) is 5.24. The van der Waals surface area contributed by atoms with E-state index >= 15 is 0 Å². The van der Waals surface area contributed by atoms with E-state index < -0.39 is 0 Å². The molecule has 0 bridgehead atoms. The average Bonchev–Trinajstić information content (AvgIpc) is 2.29. The number of benzene rings is 1. The summed E-state index contributed by atoms with van der Waals surface area (Å²) >= 11 is 0. The van der Waals surface area contributed by atoms with Crippen molar-refractivity contribution in [3.63, 3.8) is 0 Å². The number of carbonyl (C=O) groups excluding carboxylic acids is 1. The molecule has 0 aliphatic rings. The first kappa shape index (κ1) is 12.5. The second-order valence-electron chi connectivity index (χ2n) is 3.68. The van der Waals surface area contributed by atoms with Crippen molar-refractivity contribution >= 4 is 11.7 Å². The Balaban J connectivity index is 2.56. The van der Waals surface area contributed by atoms with Crippen molar-refractivity contribution in [2.75, 3.05) is 39.2 Å². The zero-order valence-corrected chi connectivity index (χ0v) is 9.99. The average molecular weight is 222 g/mol. The maximum absolute atomic E-state index is 11.5. The molecule has 0 radical (unpaired) electrons. The van der Waals surface area contributed by atoms with E-state index in [4.69, 9.17) is 4.74 Å². The Morgan fingerprint density at radius 2 is 1.94 bits per heavy atom. The summed E-state index contributed by atoms with van der Waals surface area (Å²) in [7, 11) is 5.74. The fraction of sp³-hybridized carbons (Fsp3) is 0.417. The van der Waals surface area contributed by atoms with Crippen LogP contribution in [0, 0.1) is 0 Å². The molecule has 0 spiro atoms. The third kappa shape index (κ3) is 3.55. The van der Waals surface area contributed by atoms with E-state index in [2.05, 4.69) is 5.32 Å². The number of rotatable bonds is 5. The third-order valence-electron chi connectivity index (χ3n) is 2.20. The highest BCUT2D eigenvalue weighted by molar-refractivity contribution is 5.89. The molecule has 0 amide bonds. The molecular formula is C12H18N2O2. The van der Waals surface area contributed by atoms with Crippen molar-refractivity contribution in [3.05, 3.63) is 29.8 Å². The van der Waals surface area contributed by atoms with Crippen LogP contribution in [0.5, 0.6) is 0 Å². The molecule has 1 rings (SSSR count). The number of nitrogens with zero attached hydrogens (tertiary/aromatic N) is 1. The highest BCUT2D eigenvalue weighted by atomic mass is 16.5. The summed E-state index contributed by atoms with van der Waals surface area (Å²) in [4.78, 5) is 13.5. The number of anilines is 1. The summed E-state index contributed by atoms with van der Waals surface area (Å²) in [6, 6.07) is 7.34. The number of nitrogens with one attached hydrogen (secondary N) is 1. The van der Waals surface area contributed by atoms with Gasteiger partial charge in [0.05, 0.1) is 5.56 Å². The van der Waals surface area contributed by atoms with Gasteiger partial charge in [-0.2, -0.15) is 0 Å². The Morgan fingerprint density at radius 1 is 1.31 bits per heavy atom. The number of likely N-dealkylation sites (N-methyl/N-ethyl adjacent to an activating group) is 1. The summed E-state index contributed by atoms with van der Waals surface area (Å²) < 4.78 is 5.05. The van der Waals surface area contributed by atoms with Gasteiger partial charge in [0.15, 0.2) is 0 Å². The second-order valence-corrected chi connectivity index (χ2v) is 3.68. The van der Waals surface area contributed by atoms with Gasteiger partial charge in [-0.05, 0) is 31.3 Å². The Morgan fingerprint density at radius 3 is 2.44 bits per heavy atom. The van der Waals surface area contributed by atoms with Gasteiger partial charge >= 0.3 is 5.97 Å². The predicted molar refractivity (Wildman–Crippen MR) is 65.0 cm³/mol. The molecule has 16 heavy (non-hydrogen) atoms. The summed E-state index contributed by atoms with van der Waals surface area (Å²) in [5.74, 6) is -0.277. The molecule has 1 N–H and O–H groups in total. The molecule has 0 atom stereocenters. The van der Waals surface area contributed by atoms with Crippen LogP contribution in [-0.2, 0) is 4.74 Å². The number of esters is 1. The van der Waals surface area contributed by atoms with E-state index in [1.54, 1.807) is 12.1 Å². The zero-order valence-electron chi connectivity index (χ0n) is 9.99. The molecule has 1 aromatic carbocycles. The van der Waals surface area contributed by atoms with Gasteiger partial charge in [-0.15, -0.1) is 0 Å². The SMILES string of the molecule is CNCCOC(=O)c1ccc(N(C)C)cc1. The fourth-order valence-corrected chi connectivity index (χ4v) is 1.22. The molecule has 0 fully saturated rings. The Kier molecular flexibility index (Phi) is 4.79. The van der Waals surface area contributed by atoms with Crippen LogP contribution < -0.4 is 10.2 Å². The molecular weight excluding hydrogens is 204 g/mol. The van der Waals surface area contributed by atoms with E-state index in [1.807, 2.05) is 38.2 Å². The van der Waals surface area contributed by atoms with Gasteiger partial charge in [0, 0.05) is 26.3 Å². The Labute approximate surface area is 96.2 Å². The first-order chi connectivity index (χ1) is 7.65. The van der Waals surface area contributed by atoms with Crippen LogP contribution in [0.25, 0.3) is 0 Å². The monoisotopic (exact) mass is 222 g/mol. The van der Waals surface area contributed by atoms with Gasteiger partial charge in [0.1, 0.15) is 6.61 Å². The lowest BCUT2D eigenvalue weighted by Gasteiger charge is -2.12. The van der Waals surface area contributed by atoms with E-state index in [9.17, 15) is 4.79 Å². The molecule has 1 aromatic rings. The number of ether oxygens (including phenoxy) is 1. The minimum Gasteiger partial charge on any atom is -0.461 e. The molecule has 0 aromatic heterocycles. The van der Waals surface area contributed by atoms with Crippen LogP contribution in [0.4, 0.5) is 5.69 Å². The molecule has 4 nitrogen and oxygen atoms in total. The quantitative estimate of drug-likeness (QED) is 0.599. The standard InChI is InChI=1S/C12H18N2O2/c1-13-8-9-16-12(15)10-4-6-11(7-5-10)14(2)3/h4-7,13H,8-9H2,1-3H3. The van der Waals surface area contributed by atoms with Gasteiger partial charge in [-0.1, -0.05) is 0 Å². The zero-order chi connectivity index (χ0) is 12.0. The van der Waals surface area contributed by atoms with Gasteiger partial charge in [-0.25, -0.2) is 4.79 Å². The van der Waals surface area contributed by atoms with E-state index in [1.165, 1.54) is 0 Å². The molecule has 0 aliphatic heterocycles. The summed E-state index contributed by atoms with van der Waals surface area (Å²) in [5, 5.41) is 2.91. The Bertz CT molecular complexity index is 333. The third-order valence-corrected chi connectivity index (χ3v) is 2.20. The van der Waals surface area contributed by atoms with E-state index in [-0.39, 0.29) is 5.97 Å². The highest BCUT2D eigenvalue weighted by Gasteiger charge is 2.06. The maximum atomic E-state index is 11.5. The smallest absolute Gasteiger partial charge is 0.338 e. The molecule has 0 unspecified atom stereocenters. The fourth-order valence-electron chi connectivity index (χ4n) is 1.22. The minimum absolute atomic E-state index is 0.277. The van der Waals surface area contributed by atoms with Crippen molar-refractivity contribution in [2.45, 2.75) is 0 Å². The van der Waals surface area contributed by atoms with Gasteiger partial charge in [-0.3, -0.25) is 0 Å². The van der Waals surface area contributed by atoms with Crippen molar-refractivity contribution in [1.82, 2.24) is 5.32 Å². The van der Waals surface area contributed by atoms with Crippen LogP contribution >= 0.6 is 0 Å². The van der Waals surface area contributed by atoms with Crippen molar-refractivity contribution in [1.29, 1.82) is 0 Å². The van der Waals surface area contributed by atoms with Crippen LogP contribution in [0.1, 0.15) is 10.4 Å². The number of carbonyl (C=O) groups is 1. The molecule has 0 aliphatic carbocycles. The van der Waals surface area contributed by atoms with Gasteiger partial charge in [0.2, 0.25) is 0 Å². The first-order valence-corrected chi connectivity index (χ1v) is 5.24. The minimum atomic E-state index is -0.277. The summed E-state index contributed by atoms with van der Waals surface area (Å²) in [5.41, 5.74) is 1.65. The van der Waals surface area contributed by atoms with Gasteiger partial charge < -0.3 is 15.0 Å². The van der Waals surface area contributed by atoms with Crippen LogP contribution in [0.15, 0.2) is 24.3 Å². The largest absolute Gasteiger partial charge is 0.461 e. The maximum Gasteiger partial charge on any atom is 0.338 e. The van der Waals surface area contributed by atoms with Crippen LogP contribution in [0.2, 0.25) is 0 Å². The predicted octanol–water partition coefficient (Wildman–Crippen LogP) is 1.13. The molecule has 0 saturated heterocycles. The highest BCUT2D eigenvalue weighted by Crippen LogP contribution is 2.12. The lowest BCUT2D eigenvalue weighted by atomic mass is 10.2. The molecule has 0 heterocycles. The van der Waals surface area contributed by atoms with Crippen molar-refractivity contribution in [2.24, 2.45) is 0 Å². The second kappa shape index (κ2) is 6.12. The van der Waals surface area contributed by atoms with Gasteiger partial charge in [0.25, 0.3) is 0 Å². The van der Waals surface area contributed by atoms with Crippen molar-refractivity contribution < 1.29 is 9.53 Å². The topological polar surface area (TPSA) is 41.6 Å².